The second kappa shape index (κ2) is 4.62. The molecule has 2 fully saturated rings. The van der Waals surface area contributed by atoms with Gasteiger partial charge in [-0.3, -0.25) is 4.79 Å². The first-order chi connectivity index (χ1) is 9.15. The van der Waals surface area contributed by atoms with Gasteiger partial charge in [0.1, 0.15) is 11.8 Å². The number of rotatable bonds is 2. The van der Waals surface area contributed by atoms with Gasteiger partial charge in [-0.25, -0.2) is 0 Å². The molecule has 0 radical (unpaired) electrons. The van der Waals surface area contributed by atoms with Crippen LogP contribution < -0.4 is 0 Å². The van der Waals surface area contributed by atoms with Crippen LogP contribution in [-0.2, 0) is 9.53 Å². The summed E-state index contributed by atoms with van der Waals surface area (Å²) in [5.74, 6) is 0.0891. The Morgan fingerprint density at radius 2 is 2.16 bits per heavy atom. The normalized spacial score (nSPS) is 34.4. The molecule has 0 unspecified atom stereocenters. The highest BCUT2D eigenvalue weighted by Crippen LogP contribution is 2.45. The first kappa shape index (κ1) is 12.6. The molecule has 2 saturated heterocycles. The number of ether oxygens (including phenoxy) is 1. The number of hydrogen-bond acceptors (Lipinski definition) is 3. The van der Waals surface area contributed by atoms with Crippen molar-refractivity contribution < 1.29 is 14.6 Å². The molecule has 0 spiro atoms. The van der Waals surface area contributed by atoms with E-state index in [4.69, 9.17) is 4.74 Å². The molecule has 102 valence electrons. The maximum absolute atomic E-state index is 12.2. The van der Waals surface area contributed by atoms with Crippen molar-refractivity contribution in [2.45, 2.75) is 44.1 Å². The molecule has 1 aromatic carbocycles. The number of hydrogen-bond donors (Lipinski definition) is 1. The lowest BCUT2D eigenvalue weighted by atomic mass is 9.97. The molecule has 2 heterocycles. The van der Waals surface area contributed by atoms with Crippen molar-refractivity contribution in [3.63, 3.8) is 0 Å². The van der Waals surface area contributed by atoms with E-state index in [2.05, 4.69) is 0 Å². The molecule has 19 heavy (non-hydrogen) atoms. The summed E-state index contributed by atoms with van der Waals surface area (Å²) in [6, 6.07) is 9.55. The average Bonchev–Trinajstić information content (AvgIpc) is 2.74. The molecule has 1 aromatic rings. The van der Waals surface area contributed by atoms with Gasteiger partial charge in [0.25, 0.3) is 0 Å². The van der Waals surface area contributed by atoms with E-state index >= 15 is 0 Å². The maximum atomic E-state index is 12.2. The zero-order valence-electron chi connectivity index (χ0n) is 11.1. The van der Waals surface area contributed by atoms with E-state index in [0.717, 1.165) is 18.4 Å². The van der Waals surface area contributed by atoms with Crippen molar-refractivity contribution in [1.82, 2.24) is 4.90 Å². The van der Waals surface area contributed by atoms with Gasteiger partial charge >= 0.3 is 0 Å². The van der Waals surface area contributed by atoms with Crippen molar-refractivity contribution in [3.8, 4) is 0 Å². The minimum absolute atomic E-state index is 0.0686. The van der Waals surface area contributed by atoms with Crippen molar-refractivity contribution in [2.75, 3.05) is 6.61 Å². The predicted octanol–water partition coefficient (Wildman–Crippen LogP) is 1.85. The minimum Gasteiger partial charge on any atom is -0.394 e. The summed E-state index contributed by atoms with van der Waals surface area (Å²) < 4.78 is 6.16. The van der Waals surface area contributed by atoms with E-state index in [-0.39, 0.29) is 24.7 Å². The number of carbonyl (C=O) groups is 1. The Bertz CT molecular complexity index is 476. The summed E-state index contributed by atoms with van der Waals surface area (Å²) in [6.07, 6.45) is 2.00. The van der Waals surface area contributed by atoms with Crippen LogP contribution >= 0.6 is 0 Å². The van der Waals surface area contributed by atoms with Crippen molar-refractivity contribution in [1.29, 1.82) is 0 Å². The number of aliphatic hydroxyl groups excluding tert-OH is 1. The number of piperidine rings is 1. The Morgan fingerprint density at radius 1 is 1.42 bits per heavy atom. The van der Waals surface area contributed by atoms with Gasteiger partial charge in [-0.05, 0) is 25.3 Å². The highest BCUT2D eigenvalue weighted by Gasteiger charge is 2.53. The van der Waals surface area contributed by atoms with E-state index in [1.54, 1.807) is 4.90 Å². The van der Waals surface area contributed by atoms with Crippen LogP contribution in [0, 0.1) is 0 Å². The van der Waals surface area contributed by atoms with Gasteiger partial charge in [0.15, 0.2) is 0 Å². The van der Waals surface area contributed by atoms with Crippen molar-refractivity contribution >= 4 is 5.91 Å². The molecular weight excluding hydrogens is 242 g/mol. The third kappa shape index (κ3) is 1.95. The number of carbonyl (C=O) groups excluding carboxylic acids is 1. The SMILES string of the molecule is C[C@@]12CCCC(=O)N1[C@H](CO)[C@H](c1ccccc1)O2. The molecular formula is C15H19NO3. The molecule has 4 heteroatoms. The Kier molecular flexibility index (Phi) is 3.07. The largest absolute Gasteiger partial charge is 0.394 e. The lowest BCUT2D eigenvalue weighted by molar-refractivity contribution is -0.159. The third-order valence-corrected chi connectivity index (χ3v) is 4.19. The fourth-order valence-corrected chi connectivity index (χ4v) is 3.32. The highest BCUT2D eigenvalue weighted by molar-refractivity contribution is 5.78. The van der Waals surface area contributed by atoms with Gasteiger partial charge in [0.05, 0.1) is 12.6 Å². The van der Waals surface area contributed by atoms with E-state index in [1.807, 2.05) is 37.3 Å². The summed E-state index contributed by atoms with van der Waals surface area (Å²) in [7, 11) is 0. The van der Waals surface area contributed by atoms with Crippen molar-refractivity contribution in [3.05, 3.63) is 35.9 Å². The molecule has 1 amide bonds. The summed E-state index contributed by atoms with van der Waals surface area (Å²) in [5, 5.41) is 9.70. The third-order valence-electron chi connectivity index (χ3n) is 4.19. The van der Waals surface area contributed by atoms with Crippen LogP contribution in [0.2, 0.25) is 0 Å². The van der Waals surface area contributed by atoms with Gasteiger partial charge in [0, 0.05) is 6.42 Å². The molecule has 3 atom stereocenters. The van der Waals surface area contributed by atoms with Crippen molar-refractivity contribution in [2.24, 2.45) is 0 Å². The molecule has 0 saturated carbocycles. The van der Waals surface area contributed by atoms with Gasteiger partial charge in [0.2, 0.25) is 5.91 Å². The fraction of sp³-hybridized carbons (Fsp3) is 0.533. The fourth-order valence-electron chi connectivity index (χ4n) is 3.32. The number of nitrogens with zero attached hydrogens (tertiary/aromatic N) is 1. The Hall–Kier alpha value is -1.39. The predicted molar refractivity (Wildman–Crippen MR) is 70.2 cm³/mol. The number of benzene rings is 1. The van der Waals surface area contributed by atoms with Gasteiger partial charge < -0.3 is 14.7 Å². The zero-order valence-corrected chi connectivity index (χ0v) is 11.1. The molecule has 0 aliphatic carbocycles. The highest BCUT2D eigenvalue weighted by atomic mass is 16.5. The monoisotopic (exact) mass is 261 g/mol. The second-order valence-electron chi connectivity index (χ2n) is 5.49. The molecule has 0 bridgehead atoms. The van der Waals surface area contributed by atoms with E-state index < -0.39 is 5.72 Å². The number of aliphatic hydroxyl groups is 1. The lowest BCUT2D eigenvalue weighted by Gasteiger charge is -2.39. The smallest absolute Gasteiger partial charge is 0.225 e. The van der Waals surface area contributed by atoms with Crippen LogP contribution in [0.1, 0.15) is 37.9 Å². The molecule has 2 aliphatic heterocycles. The summed E-state index contributed by atoms with van der Waals surface area (Å²) in [4.78, 5) is 13.9. The van der Waals surface area contributed by atoms with Gasteiger partial charge in [-0.15, -0.1) is 0 Å². The van der Waals surface area contributed by atoms with Crippen LogP contribution in [0.4, 0.5) is 0 Å². The Morgan fingerprint density at radius 3 is 2.84 bits per heavy atom. The van der Waals surface area contributed by atoms with Gasteiger partial charge in [-0.1, -0.05) is 30.3 Å². The summed E-state index contributed by atoms with van der Waals surface area (Å²) in [6.45, 7) is 1.89. The van der Waals surface area contributed by atoms with Crippen LogP contribution in [0.25, 0.3) is 0 Å². The van der Waals surface area contributed by atoms with Crippen LogP contribution in [0.3, 0.4) is 0 Å². The number of amides is 1. The van der Waals surface area contributed by atoms with E-state index in [9.17, 15) is 9.90 Å². The summed E-state index contributed by atoms with van der Waals surface area (Å²) in [5.41, 5.74) is 0.452. The van der Waals surface area contributed by atoms with E-state index in [1.165, 1.54) is 0 Å². The van der Waals surface area contributed by atoms with Crippen LogP contribution in [0.5, 0.6) is 0 Å². The van der Waals surface area contributed by atoms with Gasteiger partial charge in [-0.2, -0.15) is 0 Å². The second-order valence-corrected chi connectivity index (χ2v) is 5.49. The molecule has 3 rings (SSSR count). The standard InChI is InChI=1S/C15H19NO3/c1-15-9-5-8-13(18)16(15)12(10-17)14(19-15)11-6-3-2-4-7-11/h2-4,6-7,12,14,17H,5,8-10H2,1H3/t12-,14+,15-/m1/s1. The zero-order chi connectivity index (χ0) is 13.5. The number of fused-ring (bicyclic) bond motifs is 1. The first-order valence-corrected chi connectivity index (χ1v) is 6.81. The Labute approximate surface area is 113 Å². The first-order valence-electron chi connectivity index (χ1n) is 6.81. The molecule has 2 aliphatic rings. The quantitative estimate of drug-likeness (QED) is 0.884. The summed E-state index contributed by atoms with van der Waals surface area (Å²) >= 11 is 0. The average molecular weight is 261 g/mol. The topological polar surface area (TPSA) is 49.8 Å². The van der Waals surface area contributed by atoms with Crippen LogP contribution in [0.15, 0.2) is 30.3 Å². The van der Waals surface area contributed by atoms with E-state index in [0.29, 0.717) is 6.42 Å². The molecule has 0 aromatic heterocycles. The maximum Gasteiger partial charge on any atom is 0.225 e. The minimum atomic E-state index is -0.566. The molecule has 4 nitrogen and oxygen atoms in total. The lowest BCUT2D eigenvalue weighted by Crippen LogP contribution is -2.53. The van der Waals surface area contributed by atoms with Crippen LogP contribution in [-0.4, -0.2) is 34.3 Å². The Balaban J connectivity index is 1.97. The molecule has 1 N–H and O–H groups in total.